The van der Waals surface area contributed by atoms with E-state index < -0.39 is 0 Å². The second kappa shape index (κ2) is 4.90. The first-order valence-electron chi connectivity index (χ1n) is 3.64. The summed E-state index contributed by atoms with van der Waals surface area (Å²) in [7, 11) is 0. The molecule has 70 valence electrons. The number of rotatable bonds is 2. The molecule has 0 aliphatic rings. The molecule has 1 aromatic heterocycles. The molecule has 0 spiro atoms. The third-order valence-corrected chi connectivity index (χ3v) is 3.49. The van der Waals surface area contributed by atoms with Crippen molar-refractivity contribution in [2.24, 2.45) is 0 Å². The monoisotopic (exact) mass is 355 g/mol. The maximum absolute atomic E-state index is 11.2. The molecule has 0 aliphatic heterocycles. The first-order chi connectivity index (χ1) is 6.15. The lowest BCUT2D eigenvalue weighted by atomic mass is 10.3. The normalized spacial score (nSPS) is 9.77. The molecule has 0 saturated heterocycles. The van der Waals surface area contributed by atoms with Crippen molar-refractivity contribution in [3.05, 3.63) is 26.0 Å². The summed E-state index contributed by atoms with van der Waals surface area (Å²) in [5.41, 5.74) is 0.342. The van der Waals surface area contributed by atoms with E-state index >= 15 is 0 Å². The van der Waals surface area contributed by atoms with E-state index in [1.165, 1.54) is 0 Å². The minimum absolute atomic E-state index is 0.342. The molecule has 1 aromatic rings. The van der Waals surface area contributed by atoms with Crippen LogP contribution < -0.4 is 0 Å². The molecule has 0 unspecified atom stereocenters. The van der Waals surface area contributed by atoms with Crippen LogP contribution in [-0.2, 0) is 4.74 Å². The van der Waals surface area contributed by atoms with Crippen LogP contribution in [0.25, 0.3) is 0 Å². The van der Waals surface area contributed by atoms with Gasteiger partial charge in [0.1, 0.15) is 9.39 Å². The molecule has 1 heterocycles. The van der Waals surface area contributed by atoms with Crippen LogP contribution in [0.2, 0.25) is 0 Å². The Morgan fingerprint density at radius 2 is 2.38 bits per heavy atom. The zero-order valence-electron chi connectivity index (χ0n) is 6.88. The summed E-state index contributed by atoms with van der Waals surface area (Å²) in [6.07, 6.45) is 0. The molecule has 0 bridgehead atoms. The van der Waals surface area contributed by atoms with Crippen LogP contribution in [0.1, 0.15) is 17.4 Å². The molecule has 3 nitrogen and oxygen atoms in total. The van der Waals surface area contributed by atoms with Crippen LogP contribution >= 0.6 is 38.5 Å². The number of esters is 1. The van der Waals surface area contributed by atoms with Crippen molar-refractivity contribution in [1.82, 2.24) is 4.98 Å². The van der Waals surface area contributed by atoms with Gasteiger partial charge in [0.05, 0.1) is 6.61 Å². The van der Waals surface area contributed by atoms with Gasteiger partial charge in [0, 0.05) is 4.47 Å². The Balaban J connectivity index is 2.90. The van der Waals surface area contributed by atoms with Gasteiger partial charge in [-0.25, -0.2) is 9.78 Å². The van der Waals surface area contributed by atoms with Gasteiger partial charge in [0.15, 0.2) is 0 Å². The first kappa shape index (κ1) is 10.9. The van der Waals surface area contributed by atoms with E-state index in [2.05, 4.69) is 20.9 Å². The molecule has 5 heteroatoms. The molecular weight excluding hydrogens is 349 g/mol. The van der Waals surface area contributed by atoms with E-state index in [-0.39, 0.29) is 5.97 Å². The standard InChI is InChI=1S/C8H7BrINO2/c1-2-13-8(12)6-4-3-5(9)7(10)11-6/h3-4H,2H2,1H3. The molecular formula is C8H7BrINO2. The zero-order valence-corrected chi connectivity index (χ0v) is 10.6. The predicted octanol–water partition coefficient (Wildman–Crippen LogP) is 2.63. The first-order valence-corrected chi connectivity index (χ1v) is 5.51. The number of nitrogens with zero attached hydrogens (tertiary/aromatic N) is 1. The van der Waals surface area contributed by atoms with E-state index in [9.17, 15) is 4.79 Å². The highest BCUT2D eigenvalue weighted by atomic mass is 127. The molecule has 0 radical (unpaired) electrons. The van der Waals surface area contributed by atoms with Gasteiger partial charge in [-0.1, -0.05) is 0 Å². The van der Waals surface area contributed by atoms with Gasteiger partial charge in [0.2, 0.25) is 0 Å². The number of hydrogen-bond acceptors (Lipinski definition) is 3. The van der Waals surface area contributed by atoms with Gasteiger partial charge in [-0.2, -0.15) is 0 Å². The quantitative estimate of drug-likeness (QED) is 0.465. The molecule has 13 heavy (non-hydrogen) atoms. The second-order valence-electron chi connectivity index (χ2n) is 2.19. The van der Waals surface area contributed by atoms with Gasteiger partial charge in [-0.15, -0.1) is 0 Å². The highest BCUT2D eigenvalue weighted by Gasteiger charge is 2.09. The average molecular weight is 356 g/mol. The molecule has 0 N–H and O–H groups in total. The smallest absolute Gasteiger partial charge is 0.356 e. The lowest BCUT2D eigenvalue weighted by Crippen LogP contribution is -2.07. The van der Waals surface area contributed by atoms with Crippen molar-refractivity contribution < 1.29 is 9.53 Å². The number of ether oxygens (including phenoxy) is 1. The minimum atomic E-state index is -0.382. The van der Waals surface area contributed by atoms with Crippen molar-refractivity contribution in [2.75, 3.05) is 6.61 Å². The Labute approximate surface area is 98.2 Å². The molecule has 0 atom stereocenters. The van der Waals surface area contributed by atoms with Crippen LogP contribution in [0, 0.1) is 3.70 Å². The average Bonchev–Trinajstić information content (AvgIpc) is 2.10. The minimum Gasteiger partial charge on any atom is -0.461 e. The molecule has 0 fully saturated rings. The Hall–Kier alpha value is -0.170. The topological polar surface area (TPSA) is 39.2 Å². The van der Waals surface area contributed by atoms with Crippen molar-refractivity contribution in [1.29, 1.82) is 0 Å². The van der Waals surface area contributed by atoms with Crippen LogP contribution in [0.15, 0.2) is 16.6 Å². The number of hydrogen-bond donors (Lipinski definition) is 0. The van der Waals surface area contributed by atoms with E-state index in [1.807, 2.05) is 22.6 Å². The second-order valence-corrected chi connectivity index (χ2v) is 4.07. The van der Waals surface area contributed by atoms with Gasteiger partial charge < -0.3 is 4.74 Å². The maximum Gasteiger partial charge on any atom is 0.356 e. The van der Waals surface area contributed by atoms with Crippen LogP contribution in [-0.4, -0.2) is 17.6 Å². The van der Waals surface area contributed by atoms with Crippen LogP contribution in [0.4, 0.5) is 0 Å². The fourth-order valence-corrected chi connectivity index (χ4v) is 1.40. The summed E-state index contributed by atoms with van der Waals surface area (Å²) in [6, 6.07) is 3.41. The molecule has 0 aliphatic carbocycles. The Morgan fingerprint density at radius 1 is 1.69 bits per heavy atom. The van der Waals surface area contributed by atoms with Gasteiger partial charge in [-0.3, -0.25) is 0 Å². The highest BCUT2D eigenvalue weighted by Crippen LogP contribution is 2.17. The summed E-state index contributed by atoms with van der Waals surface area (Å²) in [4.78, 5) is 15.3. The third-order valence-electron chi connectivity index (χ3n) is 1.29. The van der Waals surface area contributed by atoms with E-state index in [1.54, 1.807) is 19.1 Å². The van der Waals surface area contributed by atoms with Crippen molar-refractivity contribution in [3.63, 3.8) is 0 Å². The number of aromatic nitrogens is 1. The largest absolute Gasteiger partial charge is 0.461 e. The summed E-state index contributed by atoms with van der Waals surface area (Å²) in [6.45, 7) is 2.13. The molecule has 1 rings (SSSR count). The number of carbonyl (C=O) groups excluding carboxylic acids is 1. The molecule has 0 amide bonds. The molecule has 0 aromatic carbocycles. The van der Waals surface area contributed by atoms with Crippen molar-refractivity contribution in [3.8, 4) is 0 Å². The zero-order chi connectivity index (χ0) is 9.84. The van der Waals surface area contributed by atoms with Crippen LogP contribution in [0.3, 0.4) is 0 Å². The van der Waals surface area contributed by atoms with Gasteiger partial charge in [-0.05, 0) is 57.6 Å². The SMILES string of the molecule is CCOC(=O)c1ccc(Br)c(I)n1. The summed E-state index contributed by atoms with van der Waals surface area (Å²) >= 11 is 5.34. The summed E-state index contributed by atoms with van der Waals surface area (Å²) < 4.78 is 6.43. The van der Waals surface area contributed by atoms with E-state index in [4.69, 9.17) is 4.74 Å². The van der Waals surface area contributed by atoms with Gasteiger partial charge >= 0.3 is 5.97 Å². The van der Waals surface area contributed by atoms with Gasteiger partial charge in [0.25, 0.3) is 0 Å². The predicted molar refractivity (Wildman–Crippen MR) is 60.6 cm³/mol. The van der Waals surface area contributed by atoms with Crippen LogP contribution in [0.5, 0.6) is 0 Å². The fraction of sp³-hybridized carbons (Fsp3) is 0.250. The fourth-order valence-electron chi connectivity index (χ4n) is 0.736. The lowest BCUT2D eigenvalue weighted by Gasteiger charge is -2.01. The maximum atomic E-state index is 11.2. The third kappa shape index (κ3) is 2.91. The number of pyridine rings is 1. The Bertz CT molecular complexity index is 330. The lowest BCUT2D eigenvalue weighted by molar-refractivity contribution is 0.0519. The Kier molecular flexibility index (Phi) is 4.11. The number of carbonyl (C=O) groups is 1. The summed E-state index contributed by atoms with van der Waals surface area (Å²) in [5, 5.41) is 0. The van der Waals surface area contributed by atoms with E-state index in [0.717, 1.165) is 8.17 Å². The highest BCUT2D eigenvalue weighted by molar-refractivity contribution is 14.1. The Morgan fingerprint density at radius 3 is 2.92 bits per heavy atom. The van der Waals surface area contributed by atoms with Crippen molar-refractivity contribution in [2.45, 2.75) is 6.92 Å². The number of halogens is 2. The summed E-state index contributed by atoms with van der Waals surface area (Å²) in [5.74, 6) is -0.382. The molecule has 0 saturated carbocycles. The van der Waals surface area contributed by atoms with Crippen molar-refractivity contribution >= 4 is 44.5 Å². The van der Waals surface area contributed by atoms with E-state index in [0.29, 0.717) is 12.3 Å².